The lowest BCUT2D eigenvalue weighted by atomic mass is 9.87. The summed E-state index contributed by atoms with van der Waals surface area (Å²) in [6, 6.07) is 0. The molecule has 5 nitrogen and oxygen atoms in total. The molecule has 0 aliphatic carbocycles. The molecule has 0 amide bonds. The van der Waals surface area contributed by atoms with Crippen molar-refractivity contribution in [2.75, 3.05) is 65.4 Å². The van der Waals surface area contributed by atoms with Crippen LogP contribution in [-0.2, 0) is 0 Å². The Bertz CT molecular complexity index is 386. The van der Waals surface area contributed by atoms with Crippen LogP contribution < -0.4 is 5.32 Å². The minimum Gasteiger partial charge on any atom is -0.357 e. The fourth-order valence-electron chi connectivity index (χ4n) is 4.37. The number of rotatable bonds is 8. The topological polar surface area (TPSA) is 34.1 Å². The Labute approximate surface area is 155 Å². The average Bonchev–Trinajstić information content (AvgIpc) is 3.12. The van der Waals surface area contributed by atoms with Gasteiger partial charge in [-0.1, -0.05) is 33.6 Å². The van der Waals surface area contributed by atoms with E-state index in [0.29, 0.717) is 0 Å². The quantitative estimate of drug-likeness (QED) is 0.538. The first-order chi connectivity index (χ1) is 12.2. The van der Waals surface area contributed by atoms with Crippen molar-refractivity contribution in [3.05, 3.63) is 0 Å². The maximum Gasteiger partial charge on any atom is 0.193 e. The van der Waals surface area contributed by atoms with Crippen molar-refractivity contribution in [2.24, 2.45) is 16.8 Å². The molecule has 0 radical (unpaired) electrons. The summed E-state index contributed by atoms with van der Waals surface area (Å²) in [5, 5.41) is 3.52. The zero-order chi connectivity index (χ0) is 18.1. The van der Waals surface area contributed by atoms with Gasteiger partial charge in [-0.2, -0.15) is 0 Å². The first-order valence-corrected chi connectivity index (χ1v) is 10.7. The number of hydrogen-bond donors (Lipinski definition) is 1. The van der Waals surface area contributed by atoms with Gasteiger partial charge in [0, 0.05) is 52.4 Å². The van der Waals surface area contributed by atoms with E-state index in [1.807, 2.05) is 0 Å². The van der Waals surface area contributed by atoms with E-state index >= 15 is 0 Å². The summed E-state index contributed by atoms with van der Waals surface area (Å²) >= 11 is 0. The average molecular weight is 352 g/mol. The van der Waals surface area contributed by atoms with E-state index in [-0.39, 0.29) is 0 Å². The van der Waals surface area contributed by atoms with E-state index < -0.39 is 0 Å². The van der Waals surface area contributed by atoms with Gasteiger partial charge >= 0.3 is 0 Å². The normalized spacial score (nSPS) is 23.6. The molecule has 1 N–H and O–H groups in total. The van der Waals surface area contributed by atoms with Gasteiger partial charge in [-0.05, 0) is 31.7 Å². The SMILES string of the molecule is CCNC(=NCCN1CCN(CC)CC1)N1CCC(C(CC)CC)C1. The largest absolute Gasteiger partial charge is 0.357 e. The lowest BCUT2D eigenvalue weighted by molar-refractivity contribution is 0.140. The Morgan fingerprint density at radius 1 is 1.00 bits per heavy atom. The van der Waals surface area contributed by atoms with Crippen LogP contribution >= 0.6 is 0 Å². The van der Waals surface area contributed by atoms with Gasteiger partial charge in [0.05, 0.1) is 6.54 Å². The van der Waals surface area contributed by atoms with Crippen LogP contribution in [0.4, 0.5) is 0 Å². The first kappa shape index (κ1) is 20.5. The molecular formula is C20H41N5. The minimum absolute atomic E-state index is 0.848. The number of nitrogens with zero attached hydrogens (tertiary/aromatic N) is 4. The second-order valence-corrected chi connectivity index (χ2v) is 7.58. The molecule has 0 aromatic rings. The third-order valence-corrected chi connectivity index (χ3v) is 6.16. The third-order valence-electron chi connectivity index (χ3n) is 6.16. The molecule has 25 heavy (non-hydrogen) atoms. The van der Waals surface area contributed by atoms with E-state index in [1.54, 1.807) is 0 Å². The van der Waals surface area contributed by atoms with Crippen molar-refractivity contribution in [1.82, 2.24) is 20.0 Å². The third kappa shape index (κ3) is 6.14. The second-order valence-electron chi connectivity index (χ2n) is 7.58. The highest BCUT2D eigenvalue weighted by molar-refractivity contribution is 5.80. The zero-order valence-corrected chi connectivity index (χ0v) is 17.1. The summed E-state index contributed by atoms with van der Waals surface area (Å²) in [6.45, 7) is 20.4. The van der Waals surface area contributed by atoms with E-state index in [0.717, 1.165) is 37.4 Å². The van der Waals surface area contributed by atoms with Gasteiger partial charge in [0.2, 0.25) is 0 Å². The highest BCUT2D eigenvalue weighted by Gasteiger charge is 2.29. The first-order valence-electron chi connectivity index (χ1n) is 10.7. The molecule has 5 heteroatoms. The number of likely N-dealkylation sites (N-methyl/N-ethyl adjacent to an activating group) is 1. The lowest BCUT2D eigenvalue weighted by Crippen LogP contribution is -2.47. The maximum atomic E-state index is 4.95. The molecule has 0 aromatic carbocycles. The molecule has 2 saturated heterocycles. The molecule has 2 fully saturated rings. The Kier molecular flexibility index (Phi) is 9.04. The molecule has 0 bridgehead atoms. The van der Waals surface area contributed by atoms with Crippen LogP contribution in [0.1, 0.15) is 47.0 Å². The molecular weight excluding hydrogens is 310 g/mol. The fourth-order valence-corrected chi connectivity index (χ4v) is 4.37. The highest BCUT2D eigenvalue weighted by Crippen LogP contribution is 2.28. The van der Waals surface area contributed by atoms with E-state index in [1.165, 1.54) is 65.1 Å². The summed E-state index contributed by atoms with van der Waals surface area (Å²) in [4.78, 5) is 12.6. The van der Waals surface area contributed by atoms with Crippen molar-refractivity contribution in [2.45, 2.75) is 47.0 Å². The van der Waals surface area contributed by atoms with Gasteiger partial charge in [0.1, 0.15) is 0 Å². The van der Waals surface area contributed by atoms with Crippen molar-refractivity contribution >= 4 is 5.96 Å². The van der Waals surface area contributed by atoms with Crippen LogP contribution in [0.25, 0.3) is 0 Å². The van der Waals surface area contributed by atoms with Crippen molar-refractivity contribution in [1.29, 1.82) is 0 Å². The zero-order valence-electron chi connectivity index (χ0n) is 17.1. The van der Waals surface area contributed by atoms with Crippen LogP contribution in [0.15, 0.2) is 4.99 Å². The van der Waals surface area contributed by atoms with Crippen LogP contribution in [0.3, 0.4) is 0 Å². The van der Waals surface area contributed by atoms with E-state index in [2.05, 4.69) is 47.7 Å². The minimum atomic E-state index is 0.848. The summed E-state index contributed by atoms with van der Waals surface area (Å²) in [7, 11) is 0. The second kappa shape index (κ2) is 11.0. The monoisotopic (exact) mass is 351 g/mol. The lowest BCUT2D eigenvalue weighted by Gasteiger charge is -2.33. The van der Waals surface area contributed by atoms with Gasteiger partial charge < -0.3 is 15.1 Å². The van der Waals surface area contributed by atoms with Gasteiger partial charge in [0.15, 0.2) is 5.96 Å². The number of aliphatic imine (C=N–C) groups is 1. The molecule has 146 valence electrons. The molecule has 2 rings (SSSR count). The smallest absolute Gasteiger partial charge is 0.193 e. The number of nitrogens with one attached hydrogen (secondary N) is 1. The highest BCUT2D eigenvalue weighted by atomic mass is 15.3. The van der Waals surface area contributed by atoms with Crippen LogP contribution in [0, 0.1) is 11.8 Å². The van der Waals surface area contributed by atoms with Crippen molar-refractivity contribution in [3.8, 4) is 0 Å². The Balaban J connectivity index is 1.80. The fraction of sp³-hybridized carbons (Fsp3) is 0.950. The molecule has 2 aliphatic rings. The van der Waals surface area contributed by atoms with Crippen LogP contribution in [-0.4, -0.2) is 86.1 Å². The van der Waals surface area contributed by atoms with Gasteiger partial charge in [-0.25, -0.2) is 0 Å². The summed E-state index contributed by atoms with van der Waals surface area (Å²) in [6.07, 6.45) is 3.95. The standard InChI is InChI=1S/C20H41N5/c1-5-18(6-2)19-9-11-25(17-19)20(21-7-3)22-10-12-24-15-13-23(8-4)14-16-24/h18-19H,5-17H2,1-4H3,(H,21,22). The Morgan fingerprint density at radius 2 is 1.68 bits per heavy atom. The van der Waals surface area contributed by atoms with Crippen LogP contribution in [0.5, 0.6) is 0 Å². The van der Waals surface area contributed by atoms with Gasteiger partial charge in [-0.3, -0.25) is 9.89 Å². The number of likely N-dealkylation sites (tertiary alicyclic amines) is 1. The number of guanidine groups is 1. The number of piperazine rings is 1. The van der Waals surface area contributed by atoms with Gasteiger partial charge in [-0.15, -0.1) is 0 Å². The van der Waals surface area contributed by atoms with Crippen LogP contribution in [0.2, 0.25) is 0 Å². The molecule has 0 saturated carbocycles. The molecule has 0 spiro atoms. The van der Waals surface area contributed by atoms with Crippen molar-refractivity contribution in [3.63, 3.8) is 0 Å². The molecule has 2 aliphatic heterocycles. The summed E-state index contributed by atoms with van der Waals surface area (Å²) in [5.74, 6) is 2.87. The Hall–Kier alpha value is -0.810. The number of hydrogen-bond acceptors (Lipinski definition) is 3. The van der Waals surface area contributed by atoms with Gasteiger partial charge in [0.25, 0.3) is 0 Å². The predicted molar refractivity (Wildman–Crippen MR) is 108 cm³/mol. The molecule has 1 unspecified atom stereocenters. The van der Waals surface area contributed by atoms with Crippen molar-refractivity contribution < 1.29 is 0 Å². The van der Waals surface area contributed by atoms with E-state index in [4.69, 9.17) is 4.99 Å². The maximum absolute atomic E-state index is 4.95. The molecule has 2 heterocycles. The predicted octanol–water partition coefficient (Wildman–Crippen LogP) is 2.35. The Morgan fingerprint density at radius 3 is 2.28 bits per heavy atom. The molecule has 0 aromatic heterocycles. The molecule has 1 atom stereocenters. The summed E-state index contributed by atoms with van der Waals surface area (Å²) < 4.78 is 0. The summed E-state index contributed by atoms with van der Waals surface area (Å²) in [5.41, 5.74) is 0. The van der Waals surface area contributed by atoms with E-state index in [9.17, 15) is 0 Å².